The van der Waals surface area contributed by atoms with E-state index < -0.39 is 0 Å². The van der Waals surface area contributed by atoms with Crippen LogP contribution in [0.2, 0.25) is 0 Å². The average Bonchev–Trinajstić information content (AvgIpc) is 3.62. The average molecular weight is 527 g/mol. The first-order chi connectivity index (χ1) is 18.5. The molecule has 1 aliphatic heterocycles. The molecule has 2 aromatic heterocycles. The molecule has 7 heteroatoms. The number of ether oxygens (including phenoxy) is 3. The van der Waals surface area contributed by atoms with Crippen LogP contribution in [0, 0.1) is 11.8 Å². The second kappa shape index (κ2) is 8.09. The summed E-state index contributed by atoms with van der Waals surface area (Å²) >= 11 is 1.75. The lowest BCUT2D eigenvalue weighted by Gasteiger charge is -2.49. The number of fused-ring (bicyclic) bond motifs is 10. The molecule has 0 radical (unpaired) electrons. The van der Waals surface area contributed by atoms with Crippen molar-refractivity contribution in [3.8, 4) is 17.2 Å². The van der Waals surface area contributed by atoms with Gasteiger partial charge in [-0.2, -0.15) is 0 Å². The highest BCUT2D eigenvalue weighted by molar-refractivity contribution is 7.18. The van der Waals surface area contributed by atoms with Crippen LogP contribution in [-0.4, -0.2) is 23.5 Å². The van der Waals surface area contributed by atoms with Crippen molar-refractivity contribution < 1.29 is 14.2 Å². The first kappa shape index (κ1) is 22.6. The SMILES string of the molecule is COc1ccc2c(c1)CC[C@@H]1[C@@H]2CC[C@@]2(C)c3c(sc4ncn(Cc5ccc6c(c5)OCO6)c(=O)c34)C[C@H]12. The smallest absolute Gasteiger partial charge is 0.262 e. The molecule has 0 N–H and O–H groups in total. The maximum Gasteiger partial charge on any atom is 0.262 e. The summed E-state index contributed by atoms with van der Waals surface area (Å²) in [5.74, 6) is 4.27. The molecule has 38 heavy (non-hydrogen) atoms. The maximum atomic E-state index is 14.0. The number of benzene rings is 2. The lowest BCUT2D eigenvalue weighted by atomic mass is 9.55. The lowest BCUT2D eigenvalue weighted by Crippen LogP contribution is -2.43. The molecule has 0 unspecified atom stereocenters. The molecule has 1 saturated carbocycles. The topological polar surface area (TPSA) is 62.6 Å². The second-order valence-electron chi connectivity index (χ2n) is 11.6. The lowest BCUT2D eigenvalue weighted by molar-refractivity contribution is 0.106. The van der Waals surface area contributed by atoms with Crippen molar-refractivity contribution in [2.45, 2.75) is 56.9 Å². The molecule has 8 rings (SSSR count). The van der Waals surface area contributed by atoms with Crippen LogP contribution in [0.1, 0.15) is 59.2 Å². The Labute approximate surface area is 225 Å². The van der Waals surface area contributed by atoms with Crippen LogP contribution in [-0.2, 0) is 24.8 Å². The van der Waals surface area contributed by atoms with Crippen molar-refractivity contribution in [2.75, 3.05) is 13.9 Å². The summed E-state index contributed by atoms with van der Waals surface area (Å²) < 4.78 is 18.3. The van der Waals surface area contributed by atoms with Gasteiger partial charge >= 0.3 is 0 Å². The Morgan fingerprint density at radius 2 is 2.05 bits per heavy atom. The van der Waals surface area contributed by atoms with Crippen LogP contribution >= 0.6 is 11.3 Å². The molecule has 0 amide bonds. The van der Waals surface area contributed by atoms with E-state index in [0.717, 1.165) is 52.3 Å². The van der Waals surface area contributed by atoms with Crippen LogP contribution in [0.25, 0.3) is 10.2 Å². The third-order valence-electron chi connectivity index (χ3n) is 9.84. The number of hydrogen-bond acceptors (Lipinski definition) is 6. The standard InChI is InChI=1S/C31H30N2O4S/c1-31-10-9-21-20-7-5-19(35-2)12-18(20)4-6-22(21)23(31)13-26-28(31)27-29(38-26)32-15-33(30(27)34)14-17-3-8-24-25(11-17)37-16-36-24/h3,5,7-8,11-12,15,21-23H,4,6,9-10,13-14,16H2,1-2H3/t21-,22-,23-,31-/m1/s1. The number of aryl methyl sites for hydroxylation is 1. The molecule has 4 aromatic rings. The summed E-state index contributed by atoms with van der Waals surface area (Å²) in [4.78, 5) is 21.0. The molecule has 2 aromatic carbocycles. The Bertz CT molecular complexity index is 1670. The molecule has 3 aliphatic carbocycles. The first-order valence-electron chi connectivity index (χ1n) is 13.6. The molecular weight excluding hydrogens is 496 g/mol. The molecule has 194 valence electrons. The third-order valence-corrected chi connectivity index (χ3v) is 11.0. The predicted octanol–water partition coefficient (Wildman–Crippen LogP) is 5.81. The van der Waals surface area contributed by atoms with Gasteiger partial charge in [-0.25, -0.2) is 4.98 Å². The molecule has 4 aliphatic rings. The van der Waals surface area contributed by atoms with Crippen molar-refractivity contribution in [1.29, 1.82) is 0 Å². The van der Waals surface area contributed by atoms with E-state index >= 15 is 0 Å². The van der Waals surface area contributed by atoms with E-state index in [-0.39, 0.29) is 17.8 Å². The van der Waals surface area contributed by atoms with Gasteiger partial charge in [0.25, 0.3) is 5.56 Å². The molecule has 0 saturated heterocycles. The van der Waals surface area contributed by atoms with Gasteiger partial charge < -0.3 is 14.2 Å². The Morgan fingerprint density at radius 1 is 1.16 bits per heavy atom. The van der Waals surface area contributed by atoms with E-state index in [9.17, 15) is 4.79 Å². The van der Waals surface area contributed by atoms with Crippen molar-refractivity contribution in [3.63, 3.8) is 0 Å². The van der Waals surface area contributed by atoms with Crippen molar-refractivity contribution >= 4 is 21.6 Å². The Balaban J connectivity index is 1.16. The highest BCUT2D eigenvalue weighted by atomic mass is 32.1. The van der Waals surface area contributed by atoms with Crippen LogP contribution in [0.5, 0.6) is 17.2 Å². The number of methoxy groups -OCH3 is 1. The summed E-state index contributed by atoms with van der Waals surface area (Å²) in [6.45, 7) is 3.15. The Morgan fingerprint density at radius 3 is 2.95 bits per heavy atom. The Kier molecular flexibility index (Phi) is 4.82. The zero-order valence-corrected chi connectivity index (χ0v) is 22.5. The van der Waals surface area contributed by atoms with Gasteiger partial charge in [0.15, 0.2) is 11.5 Å². The molecule has 4 atom stereocenters. The number of rotatable bonds is 3. The predicted molar refractivity (Wildman–Crippen MR) is 147 cm³/mol. The highest BCUT2D eigenvalue weighted by Crippen LogP contribution is 2.62. The number of aromatic nitrogens is 2. The second-order valence-corrected chi connectivity index (χ2v) is 12.7. The summed E-state index contributed by atoms with van der Waals surface area (Å²) in [5, 5.41) is 0.859. The summed E-state index contributed by atoms with van der Waals surface area (Å²) in [7, 11) is 1.75. The fraction of sp³-hybridized carbons (Fsp3) is 0.419. The van der Waals surface area contributed by atoms with Crippen molar-refractivity contribution in [1.82, 2.24) is 9.55 Å². The van der Waals surface area contributed by atoms with Gasteiger partial charge in [0.1, 0.15) is 10.6 Å². The largest absolute Gasteiger partial charge is 0.497 e. The summed E-state index contributed by atoms with van der Waals surface area (Å²) in [6, 6.07) is 12.6. The molecule has 3 heterocycles. The van der Waals surface area contributed by atoms with Crippen LogP contribution < -0.4 is 19.8 Å². The number of nitrogens with zero attached hydrogens (tertiary/aromatic N) is 2. The van der Waals surface area contributed by atoms with Gasteiger partial charge in [-0.15, -0.1) is 11.3 Å². The van der Waals surface area contributed by atoms with E-state index in [1.807, 2.05) is 18.2 Å². The normalized spacial score (nSPS) is 26.5. The minimum absolute atomic E-state index is 0.0253. The van der Waals surface area contributed by atoms with Gasteiger partial charge in [-0.05, 0) is 102 Å². The van der Waals surface area contributed by atoms with Crippen LogP contribution in [0.15, 0.2) is 47.5 Å². The zero-order chi connectivity index (χ0) is 25.6. The molecule has 6 nitrogen and oxygen atoms in total. The summed E-state index contributed by atoms with van der Waals surface area (Å²) in [5.41, 5.74) is 5.40. The van der Waals surface area contributed by atoms with E-state index in [4.69, 9.17) is 19.2 Å². The van der Waals surface area contributed by atoms with Gasteiger partial charge in [0.2, 0.25) is 6.79 Å². The zero-order valence-electron chi connectivity index (χ0n) is 21.7. The van der Waals surface area contributed by atoms with Crippen molar-refractivity contribution in [2.24, 2.45) is 11.8 Å². The molecule has 0 bridgehead atoms. The van der Waals surface area contributed by atoms with E-state index in [1.165, 1.54) is 34.4 Å². The molecular formula is C31H30N2O4S. The van der Waals surface area contributed by atoms with E-state index in [0.29, 0.717) is 24.3 Å². The van der Waals surface area contributed by atoms with Crippen molar-refractivity contribution in [3.05, 3.63) is 80.2 Å². The fourth-order valence-corrected chi connectivity index (χ4v) is 9.39. The van der Waals surface area contributed by atoms with E-state index in [2.05, 4.69) is 25.1 Å². The summed E-state index contributed by atoms with van der Waals surface area (Å²) in [6.07, 6.45) is 7.38. The number of thiophene rings is 1. The van der Waals surface area contributed by atoms with Crippen LogP contribution in [0.3, 0.4) is 0 Å². The fourth-order valence-electron chi connectivity index (χ4n) is 8.06. The minimum Gasteiger partial charge on any atom is -0.497 e. The Hall–Kier alpha value is -3.32. The van der Waals surface area contributed by atoms with Gasteiger partial charge in [0, 0.05) is 4.88 Å². The molecule has 0 spiro atoms. The monoisotopic (exact) mass is 526 g/mol. The van der Waals surface area contributed by atoms with Crippen LogP contribution in [0.4, 0.5) is 0 Å². The minimum atomic E-state index is 0.0253. The van der Waals surface area contributed by atoms with Gasteiger partial charge in [-0.1, -0.05) is 19.1 Å². The maximum absolute atomic E-state index is 14.0. The van der Waals surface area contributed by atoms with E-state index in [1.54, 1.807) is 29.3 Å². The quantitative estimate of drug-likeness (QED) is 0.337. The highest BCUT2D eigenvalue weighted by Gasteiger charge is 2.54. The van der Waals surface area contributed by atoms with Gasteiger partial charge in [0.05, 0.1) is 25.4 Å². The van der Waals surface area contributed by atoms with Gasteiger partial charge in [-0.3, -0.25) is 9.36 Å². The third kappa shape index (κ3) is 3.11. The first-order valence-corrected chi connectivity index (χ1v) is 14.4. The molecule has 1 fully saturated rings. The number of hydrogen-bond donors (Lipinski definition) is 0.